The van der Waals surface area contributed by atoms with Crippen molar-refractivity contribution in [1.29, 1.82) is 0 Å². The molecule has 0 saturated carbocycles. The van der Waals surface area contributed by atoms with Gasteiger partial charge in [0, 0.05) is 26.8 Å². The van der Waals surface area contributed by atoms with E-state index in [-0.39, 0.29) is 0 Å². The molecule has 11 nitrogen and oxygen atoms in total. The second-order valence-electron chi connectivity index (χ2n) is 6.36. The van der Waals surface area contributed by atoms with Crippen LogP contribution in [0.3, 0.4) is 0 Å². The van der Waals surface area contributed by atoms with E-state index in [4.69, 9.17) is 23.4 Å². The molecule has 2 N–H and O–H groups in total. The van der Waals surface area contributed by atoms with Crippen LogP contribution >= 0.6 is 0 Å². The van der Waals surface area contributed by atoms with Gasteiger partial charge in [0.05, 0.1) is 12.9 Å². The van der Waals surface area contributed by atoms with Crippen LogP contribution in [0.15, 0.2) is 28.9 Å². The smallest absolute Gasteiger partial charge is 0.303 e. The van der Waals surface area contributed by atoms with Gasteiger partial charge in [0.2, 0.25) is 5.91 Å². The summed E-state index contributed by atoms with van der Waals surface area (Å²) in [5.74, 6) is -2.46. The average Bonchev–Trinajstić information content (AvgIpc) is 3.17. The molecule has 5 atom stereocenters. The highest BCUT2D eigenvalue weighted by Gasteiger charge is 2.52. The molecule has 11 heteroatoms. The van der Waals surface area contributed by atoms with Gasteiger partial charge in [-0.05, 0) is 18.2 Å². The Morgan fingerprint density at radius 3 is 2.17 bits per heavy atom. The fraction of sp³-hybridized carbons (Fsp3) is 0.474. The molecule has 1 aliphatic rings. The van der Waals surface area contributed by atoms with Crippen molar-refractivity contribution in [3.05, 3.63) is 30.2 Å². The Labute approximate surface area is 171 Å². The van der Waals surface area contributed by atoms with E-state index >= 15 is 0 Å². The highest BCUT2D eigenvalue weighted by molar-refractivity contribution is 5.91. The van der Waals surface area contributed by atoms with Gasteiger partial charge in [0.25, 0.3) is 0 Å². The van der Waals surface area contributed by atoms with Gasteiger partial charge in [-0.25, -0.2) is 0 Å². The van der Waals surface area contributed by atoms with Gasteiger partial charge in [-0.2, -0.15) is 0 Å². The summed E-state index contributed by atoms with van der Waals surface area (Å²) in [6.07, 6.45) is -2.44. The summed E-state index contributed by atoms with van der Waals surface area (Å²) >= 11 is 0. The maximum atomic E-state index is 12.3. The summed E-state index contributed by atoms with van der Waals surface area (Å²) in [6, 6.07) is 3.27. The average molecular weight is 425 g/mol. The van der Waals surface area contributed by atoms with Crippen molar-refractivity contribution in [3.63, 3.8) is 0 Å². The summed E-state index contributed by atoms with van der Waals surface area (Å²) in [6.45, 7) is 2.71. The Hall–Kier alpha value is -3.18. The normalized spacial score (nSPS) is 26.1. The van der Waals surface area contributed by atoms with Gasteiger partial charge in [0.15, 0.2) is 24.5 Å². The molecule has 2 rings (SSSR count). The number of aliphatic hydroxyl groups is 1. The van der Waals surface area contributed by atoms with Crippen molar-refractivity contribution in [3.8, 4) is 0 Å². The third-order valence-electron chi connectivity index (χ3n) is 3.95. The van der Waals surface area contributed by atoms with Crippen LogP contribution in [0.4, 0.5) is 0 Å². The fourth-order valence-electron chi connectivity index (χ4n) is 2.89. The van der Waals surface area contributed by atoms with Crippen molar-refractivity contribution < 1.29 is 47.6 Å². The lowest BCUT2D eigenvalue weighted by Gasteiger charge is -2.44. The molecule has 0 aliphatic carbocycles. The van der Waals surface area contributed by atoms with Crippen molar-refractivity contribution in [2.75, 3.05) is 6.61 Å². The molecular formula is C19H23NO10. The molecule has 2 heterocycles. The first-order valence-corrected chi connectivity index (χ1v) is 9.01. The number of rotatable bonds is 7. The molecule has 0 aromatic carbocycles. The largest absolute Gasteiger partial charge is 0.465 e. The summed E-state index contributed by atoms with van der Waals surface area (Å²) < 4.78 is 26.2. The lowest BCUT2D eigenvalue weighted by atomic mass is 9.97. The SMILES string of the molecule is CC(=O)O[C@@H]1[C@@H](OC(C)=O)[C@H](NC(=O)/C=C/c2ccco2)O[C@H](CO)[C@H]1OC(C)=O. The first-order chi connectivity index (χ1) is 14.2. The second-order valence-corrected chi connectivity index (χ2v) is 6.36. The van der Waals surface area contributed by atoms with E-state index < -0.39 is 61.1 Å². The summed E-state index contributed by atoms with van der Waals surface area (Å²) in [5, 5.41) is 12.1. The number of furan rings is 1. The Morgan fingerprint density at radius 1 is 1.03 bits per heavy atom. The molecule has 1 amide bonds. The van der Waals surface area contributed by atoms with E-state index in [1.54, 1.807) is 12.1 Å². The Kier molecular flexibility index (Phi) is 8.13. The third-order valence-corrected chi connectivity index (χ3v) is 3.95. The minimum absolute atomic E-state index is 0.423. The molecule has 0 radical (unpaired) electrons. The zero-order valence-electron chi connectivity index (χ0n) is 16.6. The quantitative estimate of drug-likeness (QED) is 0.345. The lowest BCUT2D eigenvalue weighted by molar-refractivity contribution is -0.255. The number of ether oxygens (including phenoxy) is 4. The molecule has 30 heavy (non-hydrogen) atoms. The van der Waals surface area contributed by atoms with Gasteiger partial charge in [-0.15, -0.1) is 0 Å². The van der Waals surface area contributed by atoms with Gasteiger partial charge in [-0.1, -0.05) is 0 Å². The molecule has 1 aliphatic heterocycles. The number of esters is 3. The van der Waals surface area contributed by atoms with E-state index in [2.05, 4.69) is 5.32 Å². The topological polar surface area (TPSA) is 151 Å². The number of carbonyl (C=O) groups excluding carboxylic acids is 4. The number of hydrogen-bond donors (Lipinski definition) is 2. The number of carbonyl (C=O) groups is 4. The Morgan fingerprint density at radius 2 is 1.63 bits per heavy atom. The summed E-state index contributed by atoms with van der Waals surface area (Å²) in [7, 11) is 0. The van der Waals surface area contributed by atoms with Gasteiger partial charge in [0.1, 0.15) is 11.9 Å². The number of amides is 1. The van der Waals surface area contributed by atoms with Gasteiger partial charge >= 0.3 is 17.9 Å². The summed E-state index contributed by atoms with van der Waals surface area (Å²) in [4.78, 5) is 47.0. The first-order valence-electron chi connectivity index (χ1n) is 9.01. The van der Waals surface area contributed by atoms with Crippen LogP contribution in [-0.2, 0) is 38.1 Å². The van der Waals surface area contributed by atoms with Crippen molar-refractivity contribution in [1.82, 2.24) is 5.32 Å². The monoisotopic (exact) mass is 425 g/mol. The van der Waals surface area contributed by atoms with Crippen LogP contribution in [-0.4, -0.2) is 66.2 Å². The van der Waals surface area contributed by atoms with Crippen molar-refractivity contribution in [2.24, 2.45) is 0 Å². The van der Waals surface area contributed by atoms with Crippen molar-refractivity contribution >= 4 is 29.9 Å². The summed E-state index contributed by atoms with van der Waals surface area (Å²) in [5.41, 5.74) is 0. The van der Waals surface area contributed by atoms with E-state index in [0.29, 0.717) is 5.76 Å². The van der Waals surface area contributed by atoms with Crippen LogP contribution in [0.1, 0.15) is 26.5 Å². The van der Waals surface area contributed by atoms with Crippen LogP contribution in [0.25, 0.3) is 6.08 Å². The molecule has 0 unspecified atom stereocenters. The van der Waals surface area contributed by atoms with Crippen LogP contribution < -0.4 is 5.32 Å². The van der Waals surface area contributed by atoms with Gasteiger partial charge < -0.3 is 33.8 Å². The van der Waals surface area contributed by atoms with Crippen LogP contribution in [0.5, 0.6) is 0 Å². The minimum Gasteiger partial charge on any atom is -0.465 e. The first kappa shape index (κ1) is 23.1. The van der Waals surface area contributed by atoms with Gasteiger partial charge in [-0.3, -0.25) is 19.2 Å². The maximum absolute atomic E-state index is 12.3. The van der Waals surface area contributed by atoms with E-state index in [0.717, 1.165) is 26.8 Å². The van der Waals surface area contributed by atoms with Crippen LogP contribution in [0.2, 0.25) is 0 Å². The highest BCUT2D eigenvalue weighted by Crippen LogP contribution is 2.28. The van der Waals surface area contributed by atoms with E-state index in [1.807, 2.05) is 0 Å². The zero-order valence-corrected chi connectivity index (χ0v) is 16.6. The number of aliphatic hydroxyl groups excluding tert-OH is 1. The zero-order chi connectivity index (χ0) is 22.3. The van der Waals surface area contributed by atoms with E-state index in [1.165, 1.54) is 12.3 Å². The number of hydrogen-bond acceptors (Lipinski definition) is 10. The lowest BCUT2D eigenvalue weighted by Crippen LogP contribution is -2.65. The Bertz CT molecular complexity index is 787. The highest BCUT2D eigenvalue weighted by atomic mass is 16.7. The molecular weight excluding hydrogens is 402 g/mol. The predicted molar refractivity (Wildman–Crippen MR) is 98.3 cm³/mol. The minimum atomic E-state index is -1.35. The Balaban J connectivity index is 2.29. The molecule has 1 saturated heterocycles. The molecule has 1 aromatic heterocycles. The molecule has 1 fully saturated rings. The third kappa shape index (κ3) is 6.42. The van der Waals surface area contributed by atoms with E-state index in [9.17, 15) is 24.3 Å². The van der Waals surface area contributed by atoms with Crippen LogP contribution in [0, 0.1) is 0 Å². The fourth-order valence-corrected chi connectivity index (χ4v) is 2.89. The maximum Gasteiger partial charge on any atom is 0.303 e. The number of nitrogens with one attached hydrogen (secondary N) is 1. The molecule has 1 aromatic rings. The van der Waals surface area contributed by atoms with Crippen molar-refractivity contribution in [2.45, 2.75) is 51.4 Å². The molecule has 0 bridgehead atoms. The predicted octanol–water partition coefficient (Wildman–Crippen LogP) is -0.0787. The second kappa shape index (κ2) is 10.6. The molecule has 164 valence electrons. The standard InChI is InChI=1S/C19H23NO10/c1-10(22)27-16-14(9-21)30-19(18(29-12(3)24)17(16)28-11(2)23)20-15(25)7-6-13-5-4-8-26-13/h4-8,14,16-19,21H,9H2,1-3H3,(H,20,25)/b7-6+/t14-,16-,17+,18-,19-/m1/s1. The molecule has 0 spiro atoms.